The van der Waals surface area contributed by atoms with Gasteiger partial charge in [-0.3, -0.25) is 0 Å². The highest BCUT2D eigenvalue weighted by atomic mass is 28.1. The van der Waals surface area contributed by atoms with E-state index in [2.05, 4.69) is 27.7 Å². The lowest BCUT2D eigenvalue weighted by Crippen LogP contribution is -2.13. The van der Waals surface area contributed by atoms with Crippen molar-refractivity contribution in [2.75, 3.05) is 0 Å². The third-order valence-electron chi connectivity index (χ3n) is 2.02. The normalized spacial score (nSPS) is 14.8. The number of hydrogen-bond acceptors (Lipinski definition) is 2. The van der Waals surface area contributed by atoms with Crippen molar-refractivity contribution >= 4 is 10.2 Å². The zero-order chi connectivity index (χ0) is 10.3. The van der Waals surface area contributed by atoms with E-state index in [0.717, 1.165) is 29.0 Å². The molecular weight excluding hydrogens is 180 g/mol. The summed E-state index contributed by atoms with van der Waals surface area (Å²) < 4.78 is 11.2. The van der Waals surface area contributed by atoms with E-state index in [1.54, 1.807) is 0 Å². The van der Waals surface area contributed by atoms with Crippen LogP contribution in [0.1, 0.15) is 40.5 Å². The molecule has 0 heterocycles. The van der Waals surface area contributed by atoms with Gasteiger partial charge in [-0.2, -0.15) is 0 Å². The van der Waals surface area contributed by atoms with Gasteiger partial charge in [0.05, 0.1) is 12.2 Å². The monoisotopic (exact) mass is 202 g/mol. The molecule has 0 radical (unpaired) electrons. The molecule has 0 amide bonds. The van der Waals surface area contributed by atoms with E-state index in [-0.39, 0.29) is 12.2 Å². The first-order valence-electron chi connectivity index (χ1n) is 5.13. The maximum absolute atomic E-state index is 5.59. The lowest BCUT2D eigenvalue weighted by Gasteiger charge is -2.19. The van der Waals surface area contributed by atoms with Gasteiger partial charge in [0.25, 0.3) is 5.95 Å². The molecule has 0 saturated carbocycles. The maximum atomic E-state index is 5.59. The quantitative estimate of drug-likeness (QED) is 0.483. The topological polar surface area (TPSA) is 18.5 Å². The number of ether oxygens (including phenoxy) is 2. The van der Waals surface area contributed by atoms with Crippen molar-refractivity contribution in [3.63, 3.8) is 0 Å². The Morgan fingerprint density at radius 2 is 1.54 bits per heavy atom. The zero-order valence-corrected chi connectivity index (χ0v) is 11.5. The molecule has 0 aliphatic carbocycles. The van der Waals surface area contributed by atoms with E-state index < -0.39 is 0 Å². The fourth-order valence-corrected chi connectivity index (χ4v) is 0.999. The van der Waals surface area contributed by atoms with Gasteiger partial charge in [0.2, 0.25) is 0 Å². The van der Waals surface area contributed by atoms with Crippen molar-refractivity contribution in [1.29, 1.82) is 0 Å². The van der Waals surface area contributed by atoms with Crippen LogP contribution in [-0.4, -0.2) is 22.5 Å². The van der Waals surface area contributed by atoms with Gasteiger partial charge in [-0.15, -0.1) is 0 Å². The van der Waals surface area contributed by atoms with E-state index in [9.17, 15) is 0 Å². The minimum absolute atomic E-state index is 0.254. The van der Waals surface area contributed by atoms with Gasteiger partial charge in [-0.05, 0) is 32.4 Å². The Balaban J connectivity index is 3.91. The van der Waals surface area contributed by atoms with E-state index in [4.69, 9.17) is 9.47 Å². The number of rotatable bonds is 6. The van der Waals surface area contributed by atoms with Crippen LogP contribution < -0.4 is 0 Å². The molecule has 0 N–H and O–H groups in total. The van der Waals surface area contributed by atoms with E-state index in [0.29, 0.717) is 0 Å². The minimum Gasteiger partial charge on any atom is -0.463 e. The fraction of sp³-hybridized carbons (Fsp3) is 0.800. The number of hydrogen-bond donors (Lipinski definition) is 0. The van der Waals surface area contributed by atoms with Crippen LogP contribution >= 0.6 is 0 Å². The molecule has 3 heteroatoms. The first-order chi connectivity index (χ1) is 6.13. The van der Waals surface area contributed by atoms with Crippen molar-refractivity contribution in [2.24, 2.45) is 0 Å². The average Bonchev–Trinajstić information content (AvgIpc) is 2.16. The van der Waals surface area contributed by atoms with Crippen LogP contribution in [0, 0.1) is 0 Å². The average molecular weight is 202 g/mol. The fourth-order valence-electron chi connectivity index (χ4n) is 0.727. The van der Waals surface area contributed by atoms with Crippen LogP contribution in [-0.2, 0) is 9.47 Å². The zero-order valence-electron chi connectivity index (χ0n) is 9.46. The molecule has 0 fully saturated rings. The molecule has 2 nitrogen and oxygen atoms in total. The Hall–Kier alpha value is -0.443. The van der Waals surface area contributed by atoms with E-state index >= 15 is 0 Å². The minimum atomic E-state index is 0.254. The summed E-state index contributed by atoms with van der Waals surface area (Å²) in [6.45, 7) is 8.34. The van der Waals surface area contributed by atoms with Crippen LogP contribution in [0.25, 0.3) is 0 Å². The van der Waals surface area contributed by atoms with Crippen molar-refractivity contribution in [3.8, 4) is 0 Å². The highest BCUT2D eigenvalue weighted by Gasteiger charge is 2.07. The molecule has 0 aliphatic heterocycles. The summed E-state index contributed by atoms with van der Waals surface area (Å²) in [6.07, 6.45) is 2.54. The summed E-state index contributed by atoms with van der Waals surface area (Å²) in [4.78, 5) is 0. The third kappa shape index (κ3) is 5.74. The van der Waals surface area contributed by atoms with E-state index in [1.165, 1.54) is 0 Å². The van der Waals surface area contributed by atoms with Crippen molar-refractivity contribution in [1.82, 2.24) is 0 Å². The van der Waals surface area contributed by atoms with Gasteiger partial charge < -0.3 is 9.47 Å². The van der Waals surface area contributed by atoms with Gasteiger partial charge >= 0.3 is 0 Å². The second kappa shape index (κ2) is 7.01. The summed E-state index contributed by atoms with van der Waals surface area (Å²) in [5, 5.41) is 0. The van der Waals surface area contributed by atoms with Crippen LogP contribution in [0.5, 0.6) is 0 Å². The Morgan fingerprint density at radius 3 is 1.77 bits per heavy atom. The lowest BCUT2D eigenvalue weighted by molar-refractivity contribution is -0.0293. The standard InChI is InChI=1S/C10H22O2Si/c1-5-8(3)11-10(7-13)12-9(4)6-2/h7-9H,5-6H2,1-4,13H3. The molecule has 2 unspecified atom stereocenters. The molecule has 0 aromatic carbocycles. The molecule has 2 atom stereocenters. The second-order valence-corrected chi connectivity index (χ2v) is 3.86. The summed E-state index contributed by atoms with van der Waals surface area (Å²) in [6, 6.07) is 0. The van der Waals surface area contributed by atoms with Crippen LogP contribution in [0.15, 0.2) is 11.6 Å². The molecule has 0 saturated heterocycles. The Labute approximate surface area is 84.7 Å². The molecule has 0 aliphatic rings. The van der Waals surface area contributed by atoms with Gasteiger partial charge in [-0.1, -0.05) is 13.8 Å². The first kappa shape index (κ1) is 12.6. The van der Waals surface area contributed by atoms with Gasteiger partial charge in [-0.25, -0.2) is 0 Å². The second-order valence-electron chi connectivity index (χ2n) is 3.28. The highest BCUT2D eigenvalue weighted by molar-refractivity contribution is 6.17. The molecule has 0 aromatic rings. The predicted molar refractivity (Wildman–Crippen MR) is 59.7 cm³/mol. The van der Waals surface area contributed by atoms with Crippen LogP contribution in [0.2, 0.25) is 0 Å². The van der Waals surface area contributed by atoms with E-state index in [1.807, 2.05) is 5.70 Å². The Bertz CT molecular complexity index is 143. The smallest absolute Gasteiger partial charge is 0.270 e. The highest BCUT2D eigenvalue weighted by Crippen LogP contribution is 2.10. The van der Waals surface area contributed by atoms with Crippen molar-refractivity contribution < 1.29 is 9.47 Å². The van der Waals surface area contributed by atoms with Gasteiger partial charge in [0.1, 0.15) is 0 Å². The molecule has 13 heavy (non-hydrogen) atoms. The molecule has 0 aromatic heterocycles. The van der Waals surface area contributed by atoms with Gasteiger partial charge in [0, 0.05) is 10.2 Å². The molecular formula is C10H22O2Si. The maximum Gasteiger partial charge on any atom is 0.270 e. The summed E-state index contributed by atoms with van der Waals surface area (Å²) in [5.41, 5.74) is 2.01. The lowest BCUT2D eigenvalue weighted by atomic mass is 10.3. The van der Waals surface area contributed by atoms with Crippen LogP contribution in [0.4, 0.5) is 0 Å². The molecule has 0 bridgehead atoms. The van der Waals surface area contributed by atoms with Crippen molar-refractivity contribution in [3.05, 3.63) is 11.6 Å². The van der Waals surface area contributed by atoms with Crippen LogP contribution in [0.3, 0.4) is 0 Å². The third-order valence-corrected chi connectivity index (χ3v) is 2.49. The Kier molecular flexibility index (Phi) is 6.77. The van der Waals surface area contributed by atoms with Crippen molar-refractivity contribution in [2.45, 2.75) is 52.7 Å². The summed E-state index contributed by atoms with van der Waals surface area (Å²) >= 11 is 0. The Morgan fingerprint density at radius 1 is 1.15 bits per heavy atom. The molecule has 78 valence electrons. The summed E-state index contributed by atoms with van der Waals surface area (Å²) in [7, 11) is 0.976. The van der Waals surface area contributed by atoms with Gasteiger partial charge in [0.15, 0.2) is 0 Å². The first-order valence-corrected chi connectivity index (χ1v) is 6.29. The predicted octanol–water partition coefficient (Wildman–Crippen LogP) is 1.78. The molecule has 0 rings (SSSR count). The largest absolute Gasteiger partial charge is 0.463 e. The molecule has 0 spiro atoms. The summed E-state index contributed by atoms with van der Waals surface area (Å²) in [5.74, 6) is 0.718. The SMILES string of the molecule is CCC(C)OC(=C[SiH3])OC(C)CC.